The van der Waals surface area contributed by atoms with E-state index in [-0.39, 0.29) is 0 Å². The number of hydrogen-bond acceptors (Lipinski definition) is 2. The fraction of sp³-hybridized carbons (Fsp3) is 0.333. The van der Waals surface area contributed by atoms with Gasteiger partial charge in [0.2, 0.25) is 0 Å². The van der Waals surface area contributed by atoms with E-state index in [1.165, 1.54) is 16.7 Å². The number of aryl methyl sites for hydroxylation is 1. The van der Waals surface area contributed by atoms with Crippen LogP contribution in [0.3, 0.4) is 0 Å². The molecule has 2 rings (SSSR count). The van der Waals surface area contributed by atoms with Crippen molar-refractivity contribution in [1.82, 2.24) is 5.32 Å². The normalized spacial score (nSPS) is 10.5. The van der Waals surface area contributed by atoms with Gasteiger partial charge in [0, 0.05) is 12.1 Å². The van der Waals surface area contributed by atoms with E-state index >= 15 is 0 Å². The molecule has 106 valence electrons. The highest BCUT2D eigenvalue weighted by Gasteiger charge is 2.06. The van der Waals surface area contributed by atoms with Crippen molar-refractivity contribution in [2.24, 2.45) is 0 Å². The van der Waals surface area contributed by atoms with Crippen LogP contribution in [0.15, 0.2) is 48.5 Å². The Kier molecular flexibility index (Phi) is 5.63. The first-order chi connectivity index (χ1) is 9.81. The Morgan fingerprint density at radius 3 is 2.55 bits per heavy atom. The van der Waals surface area contributed by atoms with Crippen LogP contribution in [0.2, 0.25) is 0 Å². The van der Waals surface area contributed by atoms with Crippen LogP contribution in [0.1, 0.15) is 30.0 Å². The molecular weight excluding hydrogens is 246 g/mol. The highest BCUT2D eigenvalue weighted by molar-refractivity contribution is 5.40. The number of rotatable bonds is 7. The molecule has 2 aromatic rings. The first-order valence-corrected chi connectivity index (χ1v) is 7.27. The molecule has 0 spiro atoms. The maximum absolute atomic E-state index is 6.04. The van der Waals surface area contributed by atoms with Gasteiger partial charge in [0.05, 0.1) is 0 Å². The maximum atomic E-state index is 6.04. The first kappa shape index (κ1) is 14.6. The Labute approximate surface area is 121 Å². The summed E-state index contributed by atoms with van der Waals surface area (Å²) in [7, 11) is 0. The van der Waals surface area contributed by atoms with Gasteiger partial charge in [0.25, 0.3) is 0 Å². The summed E-state index contributed by atoms with van der Waals surface area (Å²) in [6.07, 6.45) is 1.14. The molecule has 0 radical (unpaired) electrons. The van der Waals surface area contributed by atoms with Crippen molar-refractivity contribution in [2.75, 3.05) is 6.54 Å². The zero-order chi connectivity index (χ0) is 14.2. The molecule has 0 aromatic heterocycles. The van der Waals surface area contributed by atoms with Gasteiger partial charge < -0.3 is 10.1 Å². The standard InChI is InChI=1S/C18H23NO/c1-3-12-19-13-17-11-7-8-15(2)18(17)20-14-16-9-5-4-6-10-16/h4-11,19H,3,12-14H2,1-2H3. The smallest absolute Gasteiger partial charge is 0.127 e. The SMILES string of the molecule is CCCNCc1cccc(C)c1OCc1ccccc1. The van der Waals surface area contributed by atoms with Crippen molar-refractivity contribution in [2.45, 2.75) is 33.4 Å². The molecule has 2 heteroatoms. The van der Waals surface area contributed by atoms with Gasteiger partial charge in [-0.15, -0.1) is 0 Å². The minimum atomic E-state index is 0.618. The van der Waals surface area contributed by atoms with E-state index < -0.39 is 0 Å². The van der Waals surface area contributed by atoms with E-state index in [1.807, 2.05) is 18.2 Å². The zero-order valence-corrected chi connectivity index (χ0v) is 12.4. The second kappa shape index (κ2) is 7.71. The van der Waals surface area contributed by atoms with Crippen molar-refractivity contribution < 1.29 is 4.74 Å². The molecular formula is C18H23NO. The van der Waals surface area contributed by atoms with Gasteiger partial charge in [-0.3, -0.25) is 0 Å². The molecule has 0 bridgehead atoms. The van der Waals surface area contributed by atoms with Gasteiger partial charge in [-0.25, -0.2) is 0 Å². The van der Waals surface area contributed by atoms with Crippen molar-refractivity contribution in [3.8, 4) is 5.75 Å². The number of ether oxygens (including phenoxy) is 1. The van der Waals surface area contributed by atoms with Crippen molar-refractivity contribution in [3.05, 3.63) is 65.2 Å². The number of para-hydroxylation sites is 1. The molecule has 20 heavy (non-hydrogen) atoms. The summed E-state index contributed by atoms with van der Waals surface area (Å²) < 4.78 is 6.04. The average Bonchev–Trinajstić information content (AvgIpc) is 2.48. The van der Waals surface area contributed by atoms with E-state index in [0.717, 1.165) is 25.3 Å². The Morgan fingerprint density at radius 1 is 1.00 bits per heavy atom. The predicted octanol–water partition coefficient (Wildman–Crippen LogP) is 4.07. The minimum Gasteiger partial charge on any atom is -0.488 e. The summed E-state index contributed by atoms with van der Waals surface area (Å²) in [5.41, 5.74) is 3.62. The summed E-state index contributed by atoms with van der Waals surface area (Å²) in [5, 5.41) is 3.44. The van der Waals surface area contributed by atoms with Crippen LogP contribution in [0.4, 0.5) is 0 Å². The van der Waals surface area contributed by atoms with Gasteiger partial charge in [0.1, 0.15) is 12.4 Å². The van der Waals surface area contributed by atoms with E-state index in [1.54, 1.807) is 0 Å². The van der Waals surface area contributed by atoms with Crippen LogP contribution in [0.5, 0.6) is 5.75 Å². The molecule has 1 N–H and O–H groups in total. The summed E-state index contributed by atoms with van der Waals surface area (Å²) in [6, 6.07) is 16.6. The van der Waals surface area contributed by atoms with Gasteiger partial charge >= 0.3 is 0 Å². The molecule has 0 amide bonds. The lowest BCUT2D eigenvalue weighted by atomic mass is 10.1. The monoisotopic (exact) mass is 269 g/mol. The van der Waals surface area contributed by atoms with Crippen LogP contribution in [0.25, 0.3) is 0 Å². The molecule has 0 aliphatic heterocycles. The summed E-state index contributed by atoms with van der Waals surface area (Å²) in [5.74, 6) is 1.01. The van der Waals surface area contributed by atoms with E-state index in [9.17, 15) is 0 Å². The molecule has 2 nitrogen and oxygen atoms in total. The summed E-state index contributed by atoms with van der Waals surface area (Å²) >= 11 is 0. The van der Waals surface area contributed by atoms with E-state index in [4.69, 9.17) is 4.74 Å². The molecule has 0 aliphatic rings. The topological polar surface area (TPSA) is 21.3 Å². The van der Waals surface area contributed by atoms with Crippen molar-refractivity contribution >= 4 is 0 Å². The van der Waals surface area contributed by atoms with Gasteiger partial charge in [-0.05, 0) is 31.0 Å². The molecule has 0 aliphatic carbocycles. The van der Waals surface area contributed by atoms with E-state index in [0.29, 0.717) is 6.61 Å². The lowest BCUT2D eigenvalue weighted by Gasteiger charge is -2.14. The fourth-order valence-electron chi connectivity index (χ4n) is 2.19. The number of benzene rings is 2. The summed E-state index contributed by atoms with van der Waals surface area (Å²) in [4.78, 5) is 0. The quantitative estimate of drug-likeness (QED) is 0.765. The lowest BCUT2D eigenvalue weighted by Crippen LogP contribution is -2.15. The van der Waals surface area contributed by atoms with Crippen molar-refractivity contribution in [1.29, 1.82) is 0 Å². The largest absolute Gasteiger partial charge is 0.488 e. The molecule has 0 saturated heterocycles. The average molecular weight is 269 g/mol. The molecule has 2 aromatic carbocycles. The maximum Gasteiger partial charge on any atom is 0.127 e. The number of hydrogen-bond donors (Lipinski definition) is 1. The third kappa shape index (κ3) is 4.10. The number of nitrogens with one attached hydrogen (secondary N) is 1. The van der Waals surface area contributed by atoms with Crippen molar-refractivity contribution in [3.63, 3.8) is 0 Å². The molecule has 0 fully saturated rings. The Morgan fingerprint density at radius 2 is 1.80 bits per heavy atom. The van der Waals surface area contributed by atoms with Crippen LogP contribution in [0, 0.1) is 6.92 Å². The Bertz CT molecular complexity index is 522. The molecule has 0 heterocycles. The highest BCUT2D eigenvalue weighted by Crippen LogP contribution is 2.24. The zero-order valence-electron chi connectivity index (χ0n) is 12.4. The molecule has 0 saturated carbocycles. The van der Waals surface area contributed by atoms with Crippen LogP contribution in [-0.2, 0) is 13.2 Å². The predicted molar refractivity (Wildman–Crippen MR) is 84.0 cm³/mol. The second-order valence-corrected chi connectivity index (χ2v) is 5.01. The van der Waals surface area contributed by atoms with Gasteiger partial charge in [0.15, 0.2) is 0 Å². The lowest BCUT2D eigenvalue weighted by molar-refractivity contribution is 0.300. The van der Waals surface area contributed by atoms with Gasteiger partial charge in [-0.1, -0.05) is 55.5 Å². The molecule has 0 atom stereocenters. The van der Waals surface area contributed by atoms with Crippen LogP contribution in [-0.4, -0.2) is 6.54 Å². The van der Waals surface area contributed by atoms with Gasteiger partial charge in [-0.2, -0.15) is 0 Å². The third-order valence-corrected chi connectivity index (χ3v) is 3.26. The Hall–Kier alpha value is -1.80. The molecule has 0 unspecified atom stereocenters. The Balaban J connectivity index is 2.05. The van der Waals surface area contributed by atoms with Crippen LogP contribution >= 0.6 is 0 Å². The first-order valence-electron chi connectivity index (χ1n) is 7.27. The van der Waals surface area contributed by atoms with E-state index in [2.05, 4.69) is 49.5 Å². The fourth-order valence-corrected chi connectivity index (χ4v) is 2.19. The second-order valence-electron chi connectivity index (χ2n) is 5.01. The third-order valence-electron chi connectivity index (χ3n) is 3.26. The minimum absolute atomic E-state index is 0.618. The summed E-state index contributed by atoms with van der Waals surface area (Å²) in [6.45, 7) is 6.79. The highest BCUT2D eigenvalue weighted by atomic mass is 16.5. The van der Waals surface area contributed by atoms with Crippen LogP contribution < -0.4 is 10.1 Å².